The van der Waals surface area contributed by atoms with Crippen LogP contribution in [0.2, 0.25) is 0 Å². The maximum atomic E-state index is 13.5. The molecule has 0 aliphatic carbocycles. The number of aliphatic imine (C=N–C) groups is 2. The predicted molar refractivity (Wildman–Crippen MR) is 159 cm³/mol. The van der Waals surface area contributed by atoms with E-state index in [1.165, 1.54) is 4.90 Å². The topological polar surface area (TPSA) is 122 Å². The van der Waals surface area contributed by atoms with Crippen molar-refractivity contribution in [1.82, 2.24) is 10.2 Å². The quantitative estimate of drug-likeness (QED) is 0.378. The molecule has 3 aromatic carbocycles. The highest BCUT2D eigenvalue weighted by Crippen LogP contribution is 2.34. The molecule has 0 saturated heterocycles. The Balaban J connectivity index is 1.28. The molecule has 2 heterocycles. The first-order chi connectivity index (χ1) is 20.0. The molecule has 1 atom stereocenters. The lowest BCUT2D eigenvalue weighted by molar-refractivity contribution is -0.128. The van der Waals surface area contributed by atoms with Crippen molar-refractivity contribution >= 4 is 51.9 Å². The molecule has 0 unspecified atom stereocenters. The van der Waals surface area contributed by atoms with E-state index in [1.807, 2.05) is 67.6 Å². The minimum atomic E-state index is -0.911. The summed E-state index contributed by atoms with van der Waals surface area (Å²) < 4.78 is 10.9. The van der Waals surface area contributed by atoms with E-state index in [1.54, 1.807) is 19.2 Å². The van der Waals surface area contributed by atoms with Gasteiger partial charge in [-0.3, -0.25) is 19.4 Å². The number of fused-ring (bicyclic) bond motifs is 3. The van der Waals surface area contributed by atoms with E-state index in [-0.39, 0.29) is 36.4 Å². The highest BCUT2D eigenvalue weighted by Gasteiger charge is 2.42. The summed E-state index contributed by atoms with van der Waals surface area (Å²) >= 11 is 1.13. The average Bonchev–Trinajstić information content (AvgIpc) is 3.32. The van der Waals surface area contributed by atoms with Gasteiger partial charge in [0, 0.05) is 17.7 Å². The summed E-state index contributed by atoms with van der Waals surface area (Å²) in [6.45, 7) is 2.60. The molecule has 3 aromatic rings. The molecular formula is C30H29N5O5S. The molecule has 3 amide bonds. The maximum absolute atomic E-state index is 13.5. The van der Waals surface area contributed by atoms with Gasteiger partial charge in [0.2, 0.25) is 11.8 Å². The number of nitrogens with zero attached hydrogens (tertiary/aromatic N) is 3. The second-order valence-corrected chi connectivity index (χ2v) is 10.1. The van der Waals surface area contributed by atoms with Gasteiger partial charge in [-0.1, -0.05) is 54.2 Å². The number of thioether (sulfide) groups is 1. The van der Waals surface area contributed by atoms with E-state index in [9.17, 15) is 14.4 Å². The van der Waals surface area contributed by atoms with Crippen LogP contribution >= 0.6 is 11.8 Å². The van der Waals surface area contributed by atoms with Crippen molar-refractivity contribution in [2.45, 2.75) is 25.9 Å². The lowest BCUT2D eigenvalue weighted by Gasteiger charge is -2.25. The monoisotopic (exact) mass is 571 g/mol. The van der Waals surface area contributed by atoms with E-state index >= 15 is 0 Å². The van der Waals surface area contributed by atoms with Crippen LogP contribution in [0.5, 0.6) is 11.5 Å². The third-order valence-corrected chi connectivity index (χ3v) is 7.33. The fourth-order valence-electron chi connectivity index (χ4n) is 4.49. The molecule has 2 N–H and O–H groups in total. The lowest BCUT2D eigenvalue weighted by atomic mass is 10.1. The van der Waals surface area contributed by atoms with Crippen molar-refractivity contribution in [3.63, 3.8) is 0 Å². The first-order valence-electron chi connectivity index (χ1n) is 13.1. The third-order valence-electron chi connectivity index (χ3n) is 6.39. The molecule has 10 nitrogen and oxygen atoms in total. The molecule has 11 heteroatoms. The number of methoxy groups -OCH3 is 1. The molecule has 0 fully saturated rings. The zero-order valence-electron chi connectivity index (χ0n) is 22.6. The largest absolute Gasteiger partial charge is 0.496 e. The van der Waals surface area contributed by atoms with Gasteiger partial charge in [-0.15, -0.1) is 0 Å². The van der Waals surface area contributed by atoms with E-state index in [2.05, 4.69) is 20.6 Å². The van der Waals surface area contributed by atoms with Crippen LogP contribution < -0.4 is 20.1 Å². The number of hydrogen-bond donors (Lipinski definition) is 2. The number of anilines is 1. The van der Waals surface area contributed by atoms with Gasteiger partial charge in [0.15, 0.2) is 5.17 Å². The number of hydrogen-bond acceptors (Lipinski definition) is 8. The zero-order chi connectivity index (χ0) is 28.8. The smallest absolute Gasteiger partial charge is 0.259 e. The van der Waals surface area contributed by atoms with Gasteiger partial charge in [-0.25, -0.2) is 9.89 Å². The van der Waals surface area contributed by atoms with Gasteiger partial charge in [0.05, 0.1) is 37.3 Å². The number of carbonyl (C=O) groups excluding carboxylic acids is 3. The number of nitrogens with one attached hydrogen (secondary N) is 2. The highest BCUT2D eigenvalue weighted by molar-refractivity contribution is 8.14. The number of para-hydroxylation sites is 4. The molecule has 41 heavy (non-hydrogen) atoms. The molecule has 5 rings (SSSR count). The van der Waals surface area contributed by atoms with Gasteiger partial charge in [-0.2, -0.15) is 0 Å². The number of rotatable bonds is 10. The summed E-state index contributed by atoms with van der Waals surface area (Å²) in [4.78, 5) is 49.9. The van der Waals surface area contributed by atoms with Crippen LogP contribution in [0, 0.1) is 0 Å². The Hall–Kier alpha value is -4.64. The Bertz CT molecular complexity index is 1540. The van der Waals surface area contributed by atoms with Crippen molar-refractivity contribution in [2.75, 3.05) is 24.8 Å². The number of ether oxygens (including phenoxy) is 2. The van der Waals surface area contributed by atoms with Gasteiger partial charge in [0.1, 0.15) is 23.4 Å². The van der Waals surface area contributed by atoms with Crippen molar-refractivity contribution < 1.29 is 23.9 Å². The molecule has 2 aliphatic rings. The van der Waals surface area contributed by atoms with Gasteiger partial charge in [0.25, 0.3) is 5.91 Å². The maximum Gasteiger partial charge on any atom is 0.259 e. The first-order valence-corrected chi connectivity index (χ1v) is 14.1. The fraction of sp³-hybridized carbons (Fsp3) is 0.233. The zero-order valence-corrected chi connectivity index (χ0v) is 23.4. The number of amidine groups is 2. The Morgan fingerprint density at radius 2 is 1.71 bits per heavy atom. The second-order valence-electron chi connectivity index (χ2n) is 9.11. The van der Waals surface area contributed by atoms with Gasteiger partial charge >= 0.3 is 0 Å². The van der Waals surface area contributed by atoms with Crippen molar-refractivity contribution in [3.05, 3.63) is 83.9 Å². The molecular weight excluding hydrogens is 542 g/mol. The van der Waals surface area contributed by atoms with Crippen LogP contribution in [-0.2, 0) is 20.9 Å². The van der Waals surface area contributed by atoms with E-state index in [0.29, 0.717) is 46.0 Å². The summed E-state index contributed by atoms with van der Waals surface area (Å²) in [7, 11) is 1.57. The Labute approximate surface area is 241 Å². The van der Waals surface area contributed by atoms with Crippen LogP contribution in [0.4, 0.5) is 11.4 Å². The van der Waals surface area contributed by atoms with Crippen molar-refractivity contribution in [3.8, 4) is 11.5 Å². The number of carbonyl (C=O) groups is 3. The molecule has 2 aliphatic heterocycles. The summed E-state index contributed by atoms with van der Waals surface area (Å²) in [5.74, 6) is 0.715. The standard InChI is InChI=1S/C30H29N5O5S/c1-3-40-25-15-9-7-13-22(25)32-27(37)18-41-30-34-21-12-6-5-11-20(21)28-33-23(29(38)35(28)30)16-26(36)31-17-19-10-4-8-14-24(19)39-2/h4-15,23H,3,16-18H2,1-2H3,(H,31,36)(H,32,37)/t23-/m0/s1. The molecule has 0 bridgehead atoms. The Kier molecular flexibility index (Phi) is 8.64. The van der Waals surface area contributed by atoms with Crippen LogP contribution in [-0.4, -0.2) is 59.1 Å². The predicted octanol–water partition coefficient (Wildman–Crippen LogP) is 4.13. The Morgan fingerprint density at radius 3 is 2.51 bits per heavy atom. The summed E-state index contributed by atoms with van der Waals surface area (Å²) in [5, 5.41) is 6.04. The van der Waals surface area contributed by atoms with Crippen LogP contribution in [0.3, 0.4) is 0 Å². The summed E-state index contributed by atoms with van der Waals surface area (Å²) in [6, 6.07) is 21.0. The highest BCUT2D eigenvalue weighted by atomic mass is 32.2. The first kappa shape index (κ1) is 27.9. The Morgan fingerprint density at radius 1 is 0.976 bits per heavy atom. The SMILES string of the molecule is CCOc1ccccc1NC(=O)CSC1=Nc2ccccc2C2=N[C@@H](CC(=O)NCc3ccccc3OC)C(=O)N12. The van der Waals surface area contributed by atoms with E-state index in [4.69, 9.17) is 9.47 Å². The third kappa shape index (κ3) is 6.25. The van der Waals surface area contributed by atoms with Crippen molar-refractivity contribution in [1.29, 1.82) is 0 Å². The average molecular weight is 572 g/mol. The number of amides is 3. The van der Waals surface area contributed by atoms with Crippen LogP contribution in [0.15, 0.2) is 82.8 Å². The molecule has 0 spiro atoms. The fourth-order valence-corrected chi connectivity index (χ4v) is 5.29. The van der Waals surface area contributed by atoms with E-state index in [0.717, 1.165) is 17.3 Å². The summed E-state index contributed by atoms with van der Waals surface area (Å²) in [5.41, 5.74) is 2.72. The van der Waals surface area contributed by atoms with Gasteiger partial charge < -0.3 is 20.1 Å². The second kappa shape index (κ2) is 12.7. The minimum Gasteiger partial charge on any atom is -0.496 e. The number of benzene rings is 3. The van der Waals surface area contributed by atoms with Gasteiger partial charge in [-0.05, 0) is 37.3 Å². The van der Waals surface area contributed by atoms with Crippen molar-refractivity contribution in [2.24, 2.45) is 9.98 Å². The molecule has 0 aromatic heterocycles. The minimum absolute atomic E-state index is 0.00256. The van der Waals surface area contributed by atoms with E-state index < -0.39 is 6.04 Å². The molecule has 0 radical (unpaired) electrons. The van der Waals surface area contributed by atoms with Crippen LogP contribution in [0.25, 0.3) is 0 Å². The summed E-state index contributed by atoms with van der Waals surface area (Å²) in [6.07, 6.45) is -0.122. The van der Waals surface area contributed by atoms with Crippen LogP contribution in [0.1, 0.15) is 24.5 Å². The lowest BCUT2D eigenvalue weighted by Crippen LogP contribution is -2.42. The normalized spacial score (nSPS) is 15.3. The molecule has 0 saturated carbocycles. The molecule has 210 valence electrons.